The van der Waals surface area contributed by atoms with Crippen LogP contribution >= 0.6 is 0 Å². The van der Waals surface area contributed by atoms with Crippen LogP contribution in [0.5, 0.6) is 0 Å². The summed E-state index contributed by atoms with van der Waals surface area (Å²) in [5, 5.41) is 6.98. The third kappa shape index (κ3) is 2.74. The molecule has 0 saturated carbocycles. The highest BCUT2D eigenvalue weighted by molar-refractivity contribution is 5.91. The summed E-state index contributed by atoms with van der Waals surface area (Å²) in [5.74, 6) is 0.781. The lowest BCUT2D eigenvalue weighted by Crippen LogP contribution is -2.26. The van der Waals surface area contributed by atoms with Crippen LogP contribution in [-0.2, 0) is 4.79 Å². The number of anilines is 1. The van der Waals surface area contributed by atoms with E-state index in [0.717, 1.165) is 22.3 Å². The monoisotopic (exact) mass is 244 g/mol. The normalized spacial score (nSPS) is 10.3. The van der Waals surface area contributed by atoms with Crippen LogP contribution < -0.4 is 10.6 Å². The van der Waals surface area contributed by atoms with Crippen molar-refractivity contribution in [3.05, 3.63) is 30.1 Å². The molecule has 5 heteroatoms. The number of rotatable bonds is 4. The van der Waals surface area contributed by atoms with Gasteiger partial charge in [-0.2, -0.15) is 0 Å². The molecule has 0 fully saturated rings. The second-order valence-electron chi connectivity index (χ2n) is 4.10. The number of hydrogen-bond acceptors (Lipinski definition) is 4. The van der Waals surface area contributed by atoms with Gasteiger partial charge in [0.05, 0.1) is 5.52 Å². The van der Waals surface area contributed by atoms with Gasteiger partial charge in [0.25, 0.3) is 0 Å². The van der Waals surface area contributed by atoms with Crippen LogP contribution in [0.3, 0.4) is 0 Å². The van der Waals surface area contributed by atoms with Gasteiger partial charge in [0, 0.05) is 25.4 Å². The van der Waals surface area contributed by atoms with Gasteiger partial charge in [-0.25, -0.2) is 9.97 Å². The first-order valence-corrected chi connectivity index (χ1v) is 5.87. The van der Waals surface area contributed by atoms with Crippen LogP contribution in [0.1, 0.15) is 12.5 Å². The van der Waals surface area contributed by atoms with Crippen molar-refractivity contribution >= 4 is 22.6 Å². The van der Waals surface area contributed by atoms with Crippen molar-refractivity contribution in [2.75, 3.05) is 18.4 Å². The number of hydrogen-bond donors (Lipinski definition) is 2. The van der Waals surface area contributed by atoms with Crippen molar-refractivity contribution in [3.8, 4) is 0 Å². The number of nitrogens with one attached hydrogen (secondary N) is 2. The van der Waals surface area contributed by atoms with Crippen LogP contribution in [0.25, 0.3) is 10.9 Å². The van der Waals surface area contributed by atoms with E-state index in [0.29, 0.717) is 13.1 Å². The highest BCUT2D eigenvalue weighted by Crippen LogP contribution is 2.22. The summed E-state index contributed by atoms with van der Waals surface area (Å²) in [6.07, 6.45) is 1.54. The first-order chi connectivity index (χ1) is 8.68. The molecule has 0 aliphatic rings. The number of aromatic nitrogens is 2. The molecule has 0 bridgehead atoms. The maximum Gasteiger partial charge on any atom is 0.216 e. The quantitative estimate of drug-likeness (QED) is 0.800. The maximum absolute atomic E-state index is 10.8. The third-order valence-electron chi connectivity index (χ3n) is 2.66. The molecule has 1 heterocycles. The van der Waals surface area contributed by atoms with Crippen LogP contribution in [0.15, 0.2) is 24.5 Å². The number of fused-ring (bicyclic) bond motifs is 1. The molecule has 0 atom stereocenters. The van der Waals surface area contributed by atoms with E-state index in [2.05, 4.69) is 20.6 Å². The third-order valence-corrected chi connectivity index (χ3v) is 2.66. The summed E-state index contributed by atoms with van der Waals surface area (Å²) in [6.45, 7) is 4.75. The van der Waals surface area contributed by atoms with E-state index < -0.39 is 0 Å². The molecule has 0 aliphatic carbocycles. The molecule has 0 aliphatic heterocycles. The Morgan fingerprint density at radius 3 is 2.89 bits per heavy atom. The van der Waals surface area contributed by atoms with Crippen LogP contribution in [0, 0.1) is 6.92 Å². The van der Waals surface area contributed by atoms with Gasteiger partial charge in [0.1, 0.15) is 12.1 Å². The minimum absolute atomic E-state index is 0.0273. The van der Waals surface area contributed by atoms with Gasteiger partial charge in [0.2, 0.25) is 5.91 Å². The summed E-state index contributed by atoms with van der Waals surface area (Å²) in [6, 6.07) is 5.97. The Bertz CT molecular complexity index is 563. The predicted molar refractivity (Wildman–Crippen MR) is 71.4 cm³/mol. The van der Waals surface area contributed by atoms with Crippen molar-refractivity contribution in [2.45, 2.75) is 13.8 Å². The lowest BCUT2D eigenvalue weighted by molar-refractivity contribution is -0.118. The molecular weight excluding hydrogens is 228 g/mol. The lowest BCUT2D eigenvalue weighted by atomic mass is 10.1. The van der Waals surface area contributed by atoms with E-state index >= 15 is 0 Å². The van der Waals surface area contributed by atoms with Gasteiger partial charge < -0.3 is 10.6 Å². The summed E-state index contributed by atoms with van der Waals surface area (Å²) in [5.41, 5.74) is 2.06. The van der Waals surface area contributed by atoms with E-state index in [9.17, 15) is 4.79 Å². The Balaban J connectivity index is 2.15. The number of benzene rings is 1. The topological polar surface area (TPSA) is 66.9 Å². The standard InChI is InChI=1S/C13H16N4O/c1-9-4-3-5-11-12(9)13(17-8-16-11)15-7-6-14-10(2)18/h3-5,8H,6-7H2,1-2H3,(H,14,18)(H,15,16,17). The minimum Gasteiger partial charge on any atom is -0.368 e. The summed E-state index contributed by atoms with van der Waals surface area (Å²) in [7, 11) is 0. The smallest absolute Gasteiger partial charge is 0.216 e. The van der Waals surface area contributed by atoms with Gasteiger partial charge in [-0.15, -0.1) is 0 Å². The fourth-order valence-electron chi connectivity index (χ4n) is 1.83. The Morgan fingerprint density at radius 1 is 1.28 bits per heavy atom. The average molecular weight is 244 g/mol. The molecule has 1 amide bonds. The molecule has 2 aromatic rings. The molecule has 94 valence electrons. The highest BCUT2D eigenvalue weighted by atomic mass is 16.1. The molecule has 2 rings (SSSR count). The average Bonchev–Trinajstić information content (AvgIpc) is 2.34. The first-order valence-electron chi connectivity index (χ1n) is 5.87. The lowest BCUT2D eigenvalue weighted by Gasteiger charge is -2.10. The van der Waals surface area contributed by atoms with Crippen molar-refractivity contribution in [1.82, 2.24) is 15.3 Å². The number of aryl methyl sites for hydroxylation is 1. The van der Waals surface area contributed by atoms with E-state index in [1.807, 2.05) is 25.1 Å². The zero-order valence-electron chi connectivity index (χ0n) is 10.5. The van der Waals surface area contributed by atoms with E-state index in [1.165, 1.54) is 6.92 Å². The zero-order chi connectivity index (χ0) is 13.0. The SMILES string of the molecule is CC(=O)NCCNc1ncnc2cccc(C)c12. The molecular formula is C13H16N4O. The van der Waals surface area contributed by atoms with Crippen molar-refractivity contribution < 1.29 is 4.79 Å². The predicted octanol–water partition coefficient (Wildman–Crippen LogP) is 1.49. The zero-order valence-corrected chi connectivity index (χ0v) is 10.5. The van der Waals surface area contributed by atoms with Crippen LogP contribution in [0.2, 0.25) is 0 Å². The summed E-state index contributed by atoms with van der Waals surface area (Å²) >= 11 is 0. The molecule has 1 aromatic carbocycles. The number of amides is 1. The van der Waals surface area contributed by atoms with E-state index in [4.69, 9.17) is 0 Å². The Kier molecular flexibility index (Phi) is 3.72. The molecule has 2 N–H and O–H groups in total. The number of carbonyl (C=O) groups is 1. The largest absolute Gasteiger partial charge is 0.368 e. The molecule has 1 aromatic heterocycles. The maximum atomic E-state index is 10.8. The second-order valence-corrected chi connectivity index (χ2v) is 4.10. The van der Waals surface area contributed by atoms with Gasteiger partial charge in [0.15, 0.2) is 0 Å². The Morgan fingerprint density at radius 2 is 2.11 bits per heavy atom. The Hall–Kier alpha value is -2.17. The Labute approximate surface area is 106 Å². The summed E-state index contributed by atoms with van der Waals surface area (Å²) in [4.78, 5) is 19.2. The summed E-state index contributed by atoms with van der Waals surface area (Å²) < 4.78 is 0. The van der Waals surface area contributed by atoms with Crippen molar-refractivity contribution in [3.63, 3.8) is 0 Å². The molecule has 0 radical (unpaired) electrons. The van der Waals surface area contributed by atoms with Crippen LogP contribution in [0.4, 0.5) is 5.82 Å². The minimum atomic E-state index is -0.0273. The number of nitrogens with zero attached hydrogens (tertiary/aromatic N) is 2. The first kappa shape index (κ1) is 12.3. The van der Waals surface area contributed by atoms with Gasteiger partial charge in [-0.05, 0) is 18.6 Å². The van der Waals surface area contributed by atoms with Crippen molar-refractivity contribution in [2.24, 2.45) is 0 Å². The van der Waals surface area contributed by atoms with Gasteiger partial charge in [-0.1, -0.05) is 12.1 Å². The molecule has 0 spiro atoms. The molecule has 0 saturated heterocycles. The van der Waals surface area contributed by atoms with Gasteiger partial charge in [-0.3, -0.25) is 4.79 Å². The van der Waals surface area contributed by atoms with E-state index in [-0.39, 0.29) is 5.91 Å². The van der Waals surface area contributed by atoms with Crippen LogP contribution in [-0.4, -0.2) is 29.0 Å². The molecule has 18 heavy (non-hydrogen) atoms. The highest BCUT2D eigenvalue weighted by Gasteiger charge is 2.05. The molecule has 0 unspecified atom stereocenters. The molecule has 5 nitrogen and oxygen atoms in total. The van der Waals surface area contributed by atoms with Gasteiger partial charge >= 0.3 is 0 Å². The fraction of sp³-hybridized carbons (Fsp3) is 0.308. The number of carbonyl (C=O) groups excluding carboxylic acids is 1. The van der Waals surface area contributed by atoms with E-state index in [1.54, 1.807) is 6.33 Å². The fourth-order valence-corrected chi connectivity index (χ4v) is 1.83. The van der Waals surface area contributed by atoms with Crippen molar-refractivity contribution in [1.29, 1.82) is 0 Å². The second kappa shape index (κ2) is 5.44.